The van der Waals surface area contributed by atoms with Crippen LogP contribution < -0.4 is 0 Å². The summed E-state index contributed by atoms with van der Waals surface area (Å²) in [5.41, 5.74) is 0. The number of ether oxygens (including phenoxy) is 3. The minimum atomic E-state index is -0.800. The van der Waals surface area contributed by atoms with E-state index >= 15 is 0 Å². The Bertz CT molecular complexity index is 1300. The lowest BCUT2D eigenvalue weighted by molar-refractivity contribution is -0.167. The van der Waals surface area contributed by atoms with Gasteiger partial charge in [0.05, 0.1) is 0 Å². The van der Waals surface area contributed by atoms with E-state index in [1.807, 2.05) is 0 Å². The summed E-state index contributed by atoms with van der Waals surface area (Å²) in [6, 6.07) is 0. The van der Waals surface area contributed by atoms with Crippen molar-refractivity contribution in [2.45, 2.75) is 271 Å². The molecule has 6 nitrogen and oxygen atoms in total. The molecule has 0 rings (SSSR count). The van der Waals surface area contributed by atoms with E-state index in [9.17, 15) is 14.4 Å². The van der Waals surface area contributed by atoms with Crippen molar-refractivity contribution in [3.8, 4) is 0 Å². The van der Waals surface area contributed by atoms with Gasteiger partial charge in [-0.2, -0.15) is 0 Å². The lowest BCUT2D eigenvalue weighted by atomic mass is 10.1. The minimum Gasteiger partial charge on any atom is -0.462 e. The van der Waals surface area contributed by atoms with Crippen molar-refractivity contribution >= 4 is 17.9 Å². The van der Waals surface area contributed by atoms with E-state index < -0.39 is 6.10 Å². The quantitative estimate of drug-likeness (QED) is 0.0262. The van der Waals surface area contributed by atoms with Gasteiger partial charge in [0.25, 0.3) is 0 Å². The average molecular weight is 933 g/mol. The third-order valence-corrected chi connectivity index (χ3v) is 11.8. The standard InChI is InChI=1S/C61H104O6/c1-4-7-10-13-16-19-22-25-27-29-30-32-34-37-40-43-46-49-52-55-61(64)67-58(56-65-59(62)53-50-47-44-41-38-35-24-21-18-15-12-9-6-3)57-66-60(63)54-51-48-45-42-39-36-33-31-28-26-23-20-17-14-11-8-5-2/h16-17,19-21,24-28,30,32,37,40,58H,4-15,18,22-23,29,31,33-36,38-39,41-57H2,1-3H3/b19-16-,20-17-,24-21-,27-25-,28-26-,32-30-,40-37-/t58-/m0/s1. The molecule has 0 N–H and O–H groups in total. The van der Waals surface area contributed by atoms with Crippen LogP contribution in [0.3, 0.4) is 0 Å². The van der Waals surface area contributed by atoms with Gasteiger partial charge in [0.2, 0.25) is 0 Å². The van der Waals surface area contributed by atoms with Crippen LogP contribution in [0.1, 0.15) is 265 Å². The molecule has 0 saturated carbocycles. The summed E-state index contributed by atoms with van der Waals surface area (Å²) < 4.78 is 16.8. The van der Waals surface area contributed by atoms with Crippen LogP contribution in [0.5, 0.6) is 0 Å². The highest BCUT2D eigenvalue weighted by Gasteiger charge is 2.19. The molecule has 0 fully saturated rings. The molecule has 0 spiro atoms. The van der Waals surface area contributed by atoms with E-state index in [0.717, 1.165) is 103 Å². The minimum absolute atomic E-state index is 0.0964. The first-order valence-corrected chi connectivity index (χ1v) is 28.1. The average Bonchev–Trinajstić information content (AvgIpc) is 3.33. The highest BCUT2D eigenvalue weighted by atomic mass is 16.6. The lowest BCUT2D eigenvalue weighted by Crippen LogP contribution is -2.30. The van der Waals surface area contributed by atoms with Crippen LogP contribution in [0, 0.1) is 0 Å². The van der Waals surface area contributed by atoms with E-state index in [0.29, 0.717) is 12.8 Å². The zero-order chi connectivity index (χ0) is 48.6. The fraction of sp³-hybridized carbons (Fsp3) is 0.721. The molecule has 0 aliphatic heterocycles. The predicted molar refractivity (Wildman–Crippen MR) is 288 cm³/mol. The summed E-state index contributed by atoms with van der Waals surface area (Å²) in [4.78, 5) is 38.1. The van der Waals surface area contributed by atoms with Crippen LogP contribution in [0.15, 0.2) is 85.1 Å². The molecule has 67 heavy (non-hydrogen) atoms. The molecular weight excluding hydrogens is 829 g/mol. The molecule has 0 bridgehead atoms. The molecule has 0 aromatic rings. The Labute approximate surface area is 414 Å². The van der Waals surface area contributed by atoms with Gasteiger partial charge in [-0.3, -0.25) is 14.4 Å². The van der Waals surface area contributed by atoms with E-state index in [4.69, 9.17) is 14.2 Å². The molecule has 0 saturated heterocycles. The number of esters is 3. The van der Waals surface area contributed by atoms with E-state index in [1.54, 1.807) is 0 Å². The molecule has 0 aromatic heterocycles. The number of carbonyl (C=O) groups is 3. The number of allylic oxidation sites excluding steroid dienone is 14. The van der Waals surface area contributed by atoms with Crippen molar-refractivity contribution in [2.75, 3.05) is 13.2 Å². The Morgan fingerprint density at radius 3 is 0.896 bits per heavy atom. The smallest absolute Gasteiger partial charge is 0.306 e. The molecule has 0 aliphatic carbocycles. The normalized spacial score (nSPS) is 12.7. The third-order valence-electron chi connectivity index (χ3n) is 11.8. The molecule has 0 amide bonds. The molecule has 6 heteroatoms. The van der Waals surface area contributed by atoms with Crippen molar-refractivity contribution in [2.24, 2.45) is 0 Å². The van der Waals surface area contributed by atoms with Crippen LogP contribution in [0.2, 0.25) is 0 Å². The fourth-order valence-corrected chi connectivity index (χ4v) is 7.57. The Morgan fingerprint density at radius 2 is 0.537 bits per heavy atom. The van der Waals surface area contributed by atoms with Crippen molar-refractivity contribution < 1.29 is 28.6 Å². The molecule has 0 aliphatic rings. The molecule has 0 aromatic carbocycles. The van der Waals surface area contributed by atoms with Gasteiger partial charge in [-0.1, -0.05) is 209 Å². The first-order valence-electron chi connectivity index (χ1n) is 28.1. The summed E-state index contributed by atoms with van der Waals surface area (Å²) in [5, 5.41) is 0. The number of hydrogen-bond donors (Lipinski definition) is 0. The van der Waals surface area contributed by atoms with Crippen LogP contribution in [0.25, 0.3) is 0 Å². The maximum absolute atomic E-state index is 12.8. The van der Waals surface area contributed by atoms with Gasteiger partial charge < -0.3 is 14.2 Å². The zero-order valence-corrected chi connectivity index (χ0v) is 43.9. The first kappa shape index (κ1) is 63.6. The van der Waals surface area contributed by atoms with Gasteiger partial charge in [-0.15, -0.1) is 0 Å². The van der Waals surface area contributed by atoms with Crippen molar-refractivity contribution in [3.63, 3.8) is 0 Å². The fourth-order valence-electron chi connectivity index (χ4n) is 7.57. The number of carbonyl (C=O) groups excluding carboxylic acids is 3. The van der Waals surface area contributed by atoms with Crippen molar-refractivity contribution in [1.29, 1.82) is 0 Å². The summed E-state index contributed by atoms with van der Waals surface area (Å²) >= 11 is 0. The summed E-state index contributed by atoms with van der Waals surface area (Å²) in [7, 11) is 0. The largest absolute Gasteiger partial charge is 0.462 e. The van der Waals surface area contributed by atoms with Gasteiger partial charge in [0.15, 0.2) is 6.10 Å². The maximum atomic E-state index is 12.8. The zero-order valence-electron chi connectivity index (χ0n) is 43.9. The van der Waals surface area contributed by atoms with Gasteiger partial charge in [0, 0.05) is 19.3 Å². The SMILES string of the molecule is CCCCC/C=C\C/C=C\C/C=C\C/C=C\CCCCCC(=O)O[C@@H](COC(=O)CCCCCCC/C=C\CCCCCC)COC(=O)CCCCCCCCC/C=C\C/C=C\CCCCC. The highest BCUT2D eigenvalue weighted by Crippen LogP contribution is 2.14. The van der Waals surface area contributed by atoms with Crippen LogP contribution in [0.4, 0.5) is 0 Å². The Hall–Kier alpha value is -3.41. The van der Waals surface area contributed by atoms with Gasteiger partial charge in [0.1, 0.15) is 13.2 Å². The lowest BCUT2D eigenvalue weighted by Gasteiger charge is -2.18. The van der Waals surface area contributed by atoms with Crippen LogP contribution >= 0.6 is 0 Å². The van der Waals surface area contributed by atoms with Crippen LogP contribution in [-0.2, 0) is 28.6 Å². The number of hydrogen-bond acceptors (Lipinski definition) is 6. The Balaban J connectivity index is 4.47. The number of rotatable bonds is 50. The van der Waals surface area contributed by atoms with Gasteiger partial charge in [-0.05, 0) is 122 Å². The predicted octanol–water partition coefficient (Wildman–Crippen LogP) is 18.8. The second kappa shape index (κ2) is 55.2. The molecular formula is C61H104O6. The first-order chi connectivity index (χ1) is 33.0. The molecule has 384 valence electrons. The summed E-state index contributed by atoms with van der Waals surface area (Å²) in [5.74, 6) is -0.940. The summed E-state index contributed by atoms with van der Waals surface area (Å²) in [6.07, 6.45) is 71.3. The summed E-state index contributed by atoms with van der Waals surface area (Å²) in [6.45, 7) is 6.54. The van der Waals surface area contributed by atoms with Crippen molar-refractivity contribution in [1.82, 2.24) is 0 Å². The Morgan fingerprint density at radius 1 is 0.299 bits per heavy atom. The monoisotopic (exact) mass is 933 g/mol. The second-order valence-corrected chi connectivity index (χ2v) is 18.5. The third kappa shape index (κ3) is 53.4. The van der Waals surface area contributed by atoms with Crippen molar-refractivity contribution in [3.05, 3.63) is 85.1 Å². The van der Waals surface area contributed by atoms with Crippen LogP contribution in [-0.4, -0.2) is 37.2 Å². The van der Waals surface area contributed by atoms with Gasteiger partial charge >= 0.3 is 17.9 Å². The van der Waals surface area contributed by atoms with E-state index in [-0.39, 0.29) is 37.5 Å². The second-order valence-electron chi connectivity index (χ2n) is 18.5. The molecule has 0 radical (unpaired) electrons. The molecule has 0 heterocycles. The number of unbranched alkanes of at least 4 members (excludes halogenated alkanes) is 25. The van der Waals surface area contributed by atoms with E-state index in [2.05, 4.69) is 106 Å². The van der Waals surface area contributed by atoms with E-state index in [1.165, 1.54) is 122 Å². The topological polar surface area (TPSA) is 78.9 Å². The highest BCUT2D eigenvalue weighted by molar-refractivity contribution is 5.71. The Kier molecular flexibility index (Phi) is 52.4. The van der Waals surface area contributed by atoms with Gasteiger partial charge in [-0.25, -0.2) is 0 Å². The molecule has 1 atom stereocenters. The maximum Gasteiger partial charge on any atom is 0.306 e. The molecule has 0 unspecified atom stereocenters.